The monoisotopic (exact) mass is 281 g/mol. The summed E-state index contributed by atoms with van der Waals surface area (Å²) in [4.78, 5) is 15.0. The zero-order valence-corrected chi connectivity index (χ0v) is 12.3. The molecule has 20 heavy (non-hydrogen) atoms. The number of ether oxygens (including phenoxy) is 1. The van der Waals surface area contributed by atoms with Crippen molar-refractivity contribution in [3.63, 3.8) is 0 Å². The number of hydrogen-bond acceptors (Lipinski definition) is 4. The van der Waals surface area contributed by atoms with Gasteiger partial charge in [-0.3, -0.25) is 9.69 Å². The van der Waals surface area contributed by atoms with Gasteiger partial charge in [0.15, 0.2) is 0 Å². The molecule has 3 rings (SSSR count). The molecule has 0 aromatic carbocycles. The molecule has 0 aromatic rings. The molecule has 1 atom stereocenters. The van der Waals surface area contributed by atoms with Gasteiger partial charge in [0.25, 0.3) is 0 Å². The molecular formula is C15H27N3O2. The molecule has 114 valence electrons. The Morgan fingerprint density at radius 3 is 2.60 bits per heavy atom. The third-order valence-electron chi connectivity index (χ3n) is 4.94. The van der Waals surface area contributed by atoms with Crippen LogP contribution in [0, 0.1) is 0 Å². The molecule has 5 heteroatoms. The van der Waals surface area contributed by atoms with E-state index in [2.05, 4.69) is 15.5 Å². The van der Waals surface area contributed by atoms with Gasteiger partial charge in [-0.25, -0.2) is 0 Å². The minimum absolute atomic E-state index is 0.112. The van der Waals surface area contributed by atoms with E-state index in [0.29, 0.717) is 12.1 Å². The quantitative estimate of drug-likeness (QED) is 0.791. The van der Waals surface area contributed by atoms with E-state index in [1.165, 1.54) is 12.8 Å². The van der Waals surface area contributed by atoms with Crippen LogP contribution in [0.4, 0.5) is 0 Å². The van der Waals surface area contributed by atoms with Crippen LogP contribution in [-0.4, -0.2) is 61.8 Å². The van der Waals surface area contributed by atoms with Gasteiger partial charge in [0.05, 0.1) is 6.04 Å². The summed E-state index contributed by atoms with van der Waals surface area (Å²) in [5.74, 6) is 0.257. The van der Waals surface area contributed by atoms with Crippen molar-refractivity contribution in [1.29, 1.82) is 0 Å². The van der Waals surface area contributed by atoms with E-state index in [0.717, 1.165) is 58.5 Å². The zero-order valence-electron chi connectivity index (χ0n) is 12.3. The van der Waals surface area contributed by atoms with Crippen LogP contribution >= 0.6 is 0 Å². The van der Waals surface area contributed by atoms with Crippen molar-refractivity contribution >= 4 is 5.91 Å². The van der Waals surface area contributed by atoms with Crippen molar-refractivity contribution in [1.82, 2.24) is 15.5 Å². The van der Waals surface area contributed by atoms with Crippen molar-refractivity contribution < 1.29 is 9.53 Å². The number of amides is 1. The summed E-state index contributed by atoms with van der Waals surface area (Å²) in [6.45, 7) is 4.85. The Labute approximate surface area is 121 Å². The summed E-state index contributed by atoms with van der Waals surface area (Å²) in [7, 11) is 0. The van der Waals surface area contributed by atoms with E-state index in [1.807, 2.05) is 0 Å². The van der Waals surface area contributed by atoms with Gasteiger partial charge < -0.3 is 15.4 Å². The van der Waals surface area contributed by atoms with Gasteiger partial charge in [-0.15, -0.1) is 0 Å². The number of carbonyl (C=O) groups excluding carboxylic acids is 1. The van der Waals surface area contributed by atoms with E-state index in [9.17, 15) is 4.79 Å². The minimum Gasteiger partial charge on any atom is -0.381 e. The molecule has 3 saturated heterocycles. The lowest BCUT2D eigenvalue weighted by atomic mass is 10.0. The maximum Gasteiger partial charge on any atom is 0.237 e. The third-order valence-corrected chi connectivity index (χ3v) is 4.94. The summed E-state index contributed by atoms with van der Waals surface area (Å²) in [6, 6.07) is 1.04. The largest absolute Gasteiger partial charge is 0.381 e. The Morgan fingerprint density at radius 1 is 1.10 bits per heavy atom. The molecule has 0 spiro atoms. The van der Waals surface area contributed by atoms with Gasteiger partial charge in [-0.2, -0.15) is 0 Å². The number of nitrogens with one attached hydrogen (secondary N) is 2. The second-order valence-electron chi connectivity index (χ2n) is 6.27. The van der Waals surface area contributed by atoms with Gasteiger partial charge >= 0.3 is 0 Å². The van der Waals surface area contributed by atoms with E-state index in [-0.39, 0.29) is 11.9 Å². The topological polar surface area (TPSA) is 53.6 Å². The second-order valence-corrected chi connectivity index (χ2v) is 6.27. The Kier molecular flexibility index (Phi) is 4.91. The lowest BCUT2D eigenvalue weighted by molar-refractivity contribution is -0.127. The smallest absolute Gasteiger partial charge is 0.237 e. The summed E-state index contributed by atoms with van der Waals surface area (Å²) >= 11 is 0. The normalized spacial score (nSPS) is 30.5. The predicted octanol–water partition coefficient (Wildman–Crippen LogP) is 0.498. The van der Waals surface area contributed by atoms with Crippen molar-refractivity contribution in [3.05, 3.63) is 0 Å². The Bertz CT molecular complexity index is 325. The van der Waals surface area contributed by atoms with Crippen LogP contribution in [-0.2, 0) is 9.53 Å². The molecule has 2 N–H and O–H groups in total. The van der Waals surface area contributed by atoms with Gasteiger partial charge in [0, 0.05) is 25.3 Å². The average Bonchev–Trinajstić information content (AvgIpc) is 2.99. The van der Waals surface area contributed by atoms with Crippen molar-refractivity contribution in [2.24, 2.45) is 0 Å². The maximum absolute atomic E-state index is 12.6. The Hall–Kier alpha value is -0.650. The number of rotatable bonds is 3. The van der Waals surface area contributed by atoms with E-state index in [4.69, 9.17) is 4.74 Å². The average molecular weight is 281 g/mol. The van der Waals surface area contributed by atoms with Crippen LogP contribution in [0.3, 0.4) is 0 Å². The highest BCUT2D eigenvalue weighted by atomic mass is 16.5. The first kappa shape index (κ1) is 14.3. The Balaban J connectivity index is 1.55. The highest BCUT2D eigenvalue weighted by Crippen LogP contribution is 2.24. The van der Waals surface area contributed by atoms with E-state index >= 15 is 0 Å². The molecule has 3 fully saturated rings. The molecule has 1 amide bonds. The fourth-order valence-electron chi connectivity index (χ4n) is 3.79. The molecule has 0 saturated carbocycles. The molecule has 0 bridgehead atoms. The van der Waals surface area contributed by atoms with Crippen LogP contribution in [0.1, 0.15) is 38.5 Å². The first-order valence-electron chi connectivity index (χ1n) is 8.19. The molecule has 3 heterocycles. The molecule has 0 radical (unpaired) electrons. The number of likely N-dealkylation sites (tertiary alicyclic amines) is 1. The summed E-state index contributed by atoms with van der Waals surface area (Å²) in [5.41, 5.74) is 0. The molecule has 1 unspecified atom stereocenters. The van der Waals surface area contributed by atoms with Crippen LogP contribution in [0.5, 0.6) is 0 Å². The molecular weight excluding hydrogens is 254 g/mol. The second kappa shape index (κ2) is 6.87. The SMILES string of the molecule is O=C(NC1CCOCC1)C1CCCN1C1CCNCC1. The van der Waals surface area contributed by atoms with E-state index in [1.54, 1.807) is 0 Å². The first-order valence-corrected chi connectivity index (χ1v) is 8.19. The van der Waals surface area contributed by atoms with E-state index < -0.39 is 0 Å². The van der Waals surface area contributed by atoms with Crippen LogP contribution < -0.4 is 10.6 Å². The number of hydrogen-bond donors (Lipinski definition) is 2. The molecule has 3 aliphatic rings. The first-order chi connectivity index (χ1) is 9.84. The van der Waals surface area contributed by atoms with Gasteiger partial charge in [0.1, 0.15) is 0 Å². The highest BCUT2D eigenvalue weighted by Gasteiger charge is 2.36. The van der Waals surface area contributed by atoms with Gasteiger partial charge in [0.2, 0.25) is 5.91 Å². The number of carbonyl (C=O) groups is 1. The lowest BCUT2D eigenvalue weighted by Crippen LogP contribution is -2.52. The third kappa shape index (κ3) is 3.32. The van der Waals surface area contributed by atoms with Crippen LogP contribution in [0.2, 0.25) is 0 Å². The molecule has 5 nitrogen and oxygen atoms in total. The summed E-state index contributed by atoms with van der Waals surface area (Å²) < 4.78 is 5.35. The maximum atomic E-state index is 12.6. The molecule has 3 aliphatic heterocycles. The highest BCUT2D eigenvalue weighted by molar-refractivity contribution is 5.82. The van der Waals surface area contributed by atoms with Crippen LogP contribution in [0.25, 0.3) is 0 Å². The Morgan fingerprint density at radius 2 is 1.85 bits per heavy atom. The number of nitrogens with zero attached hydrogens (tertiary/aromatic N) is 1. The standard InChI is InChI=1S/C15H27N3O2/c19-15(17-12-5-10-20-11-6-12)14-2-1-9-18(14)13-3-7-16-8-4-13/h12-14,16H,1-11H2,(H,17,19). The zero-order chi connectivity index (χ0) is 13.8. The van der Waals surface area contributed by atoms with Crippen molar-refractivity contribution in [3.8, 4) is 0 Å². The number of piperidine rings is 1. The van der Waals surface area contributed by atoms with Crippen molar-refractivity contribution in [2.75, 3.05) is 32.8 Å². The summed E-state index contributed by atoms with van der Waals surface area (Å²) in [6.07, 6.45) is 6.48. The molecule has 0 aliphatic carbocycles. The van der Waals surface area contributed by atoms with Crippen molar-refractivity contribution in [2.45, 2.75) is 56.7 Å². The van der Waals surface area contributed by atoms with Gasteiger partial charge in [-0.1, -0.05) is 0 Å². The lowest BCUT2D eigenvalue weighted by Gasteiger charge is -2.36. The predicted molar refractivity (Wildman–Crippen MR) is 77.6 cm³/mol. The minimum atomic E-state index is 0.112. The fraction of sp³-hybridized carbons (Fsp3) is 0.933. The molecule has 0 aromatic heterocycles. The fourth-order valence-corrected chi connectivity index (χ4v) is 3.79. The summed E-state index contributed by atoms with van der Waals surface area (Å²) in [5, 5.41) is 6.66. The van der Waals surface area contributed by atoms with Crippen LogP contribution in [0.15, 0.2) is 0 Å². The van der Waals surface area contributed by atoms with Gasteiger partial charge in [-0.05, 0) is 58.2 Å².